The molecule has 0 spiro atoms. The van der Waals surface area contributed by atoms with Gasteiger partial charge in [0.15, 0.2) is 5.76 Å². The minimum Gasteiger partial charge on any atom is -0.493 e. The van der Waals surface area contributed by atoms with Gasteiger partial charge in [0.2, 0.25) is 5.78 Å². The highest BCUT2D eigenvalue weighted by molar-refractivity contribution is 6.37. The lowest BCUT2D eigenvalue weighted by Gasteiger charge is -2.07. The number of furan rings is 1. The number of rotatable bonds is 7. The number of benzene rings is 3. The second kappa shape index (κ2) is 9.02. The van der Waals surface area contributed by atoms with Crippen LogP contribution in [0.3, 0.4) is 0 Å². The maximum Gasteiger partial charge on any atom is 0.231 e. The van der Waals surface area contributed by atoms with Crippen LogP contribution in [0.2, 0.25) is 10.0 Å². The van der Waals surface area contributed by atoms with Crippen molar-refractivity contribution < 1.29 is 19.1 Å². The monoisotopic (exact) mass is 455 g/mol. The molecule has 5 nitrogen and oxygen atoms in total. The molecule has 4 rings (SSSR count). The van der Waals surface area contributed by atoms with Crippen molar-refractivity contribution in [2.75, 3.05) is 18.9 Å². The Morgan fingerprint density at radius 1 is 1.03 bits per heavy atom. The molecule has 0 atom stereocenters. The van der Waals surface area contributed by atoms with Crippen molar-refractivity contribution in [2.24, 2.45) is 0 Å². The zero-order chi connectivity index (χ0) is 22.0. The van der Waals surface area contributed by atoms with Crippen molar-refractivity contribution in [1.82, 2.24) is 0 Å². The van der Waals surface area contributed by atoms with Crippen LogP contribution in [-0.2, 0) is 0 Å². The van der Waals surface area contributed by atoms with E-state index in [-0.39, 0.29) is 28.6 Å². The quantitative estimate of drug-likeness (QED) is 0.264. The average Bonchev–Trinajstić information content (AvgIpc) is 3.10. The van der Waals surface area contributed by atoms with Crippen LogP contribution in [0.1, 0.15) is 22.5 Å². The van der Waals surface area contributed by atoms with Crippen LogP contribution in [0, 0.1) is 0 Å². The normalized spacial score (nSPS) is 11.1. The van der Waals surface area contributed by atoms with Gasteiger partial charge in [-0.2, -0.15) is 0 Å². The molecule has 0 bridgehead atoms. The predicted octanol–water partition coefficient (Wildman–Crippen LogP) is 5.98. The van der Waals surface area contributed by atoms with E-state index in [0.29, 0.717) is 34.8 Å². The number of ether oxygens (including phenoxy) is 1. The summed E-state index contributed by atoms with van der Waals surface area (Å²) in [5, 5.41) is 10.2. The van der Waals surface area contributed by atoms with Crippen molar-refractivity contribution in [2.45, 2.75) is 6.42 Å². The second-order valence-corrected chi connectivity index (χ2v) is 7.81. The number of hydrogen-bond acceptors (Lipinski definition) is 5. The summed E-state index contributed by atoms with van der Waals surface area (Å²) in [6.07, 6.45) is 0.566. The SMILES string of the molecule is Nc1c(C(=O)c2ccc(Cl)cc2Cl)oc2cc(-c3cccc(OCCCO)c3)ccc12. The first kappa shape index (κ1) is 21.2. The molecule has 3 aromatic carbocycles. The Balaban J connectivity index is 1.68. The third-order valence-corrected chi connectivity index (χ3v) is 5.40. The molecule has 1 aromatic heterocycles. The van der Waals surface area contributed by atoms with Gasteiger partial charge < -0.3 is 20.0 Å². The number of carbonyl (C=O) groups excluding carboxylic acids is 1. The highest BCUT2D eigenvalue weighted by atomic mass is 35.5. The topological polar surface area (TPSA) is 85.7 Å². The van der Waals surface area contributed by atoms with E-state index in [4.69, 9.17) is 43.2 Å². The molecule has 3 N–H and O–H groups in total. The molecule has 0 aliphatic heterocycles. The Morgan fingerprint density at radius 2 is 1.84 bits per heavy atom. The summed E-state index contributed by atoms with van der Waals surface area (Å²) in [6, 6.07) is 17.8. The van der Waals surface area contributed by atoms with Crippen LogP contribution in [0.25, 0.3) is 22.1 Å². The number of hydrogen-bond donors (Lipinski definition) is 2. The third-order valence-electron chi connectivity index (χ3n) is 4.85. The Morgan fingerprint density at radius 3 is 2.61 bits per heavy atom. The molecule has 0 radical (unpaired) electrons. The number of nitrogen functional groups attached to an aromatic ring is 1. The lowest BCUT2D eigenvalue weighted by atomic mass is 10.0. The summed E-state index contributed by atoms with van der Waals surface area (Å²) in [5.74, 6) is 0.340. The number of anilines is 1. The van der Waals surface area contributed by atoms with Gasteiger partial charge in [-0.05, 0) is 53.6 Å². The molecule has 7 heteroatoms. The third kappa shape index (κ3) is 4.39. The summed E-state index contributed by atoms with van der Waals surface area (Å²) in [5.41, 5.74) is 9.05. The van der Waals surface area contributed by atoms with Crippen LogP contribution in [0.4, 0.5) is 5.69 Å². The summed E-state index contributed by atoms with van der Waals surface area (Å²) < 4.78 is 11.5. The van der Waals surface area contributed by atoms with Gasteiger partial charge in [0, 0.05) is 29.0 Å². The predicted molar refractivity (Wildman–Crippen MR) is 123 cm³/mol. The minimum absolute atomic E-state index is 0.0393. The molecule has 0 fully saturated rings. The standard InChI is InChI=1S/C24H19Cl2NO4/c25-16-6-8-18(20(26)13-16)23(29)24-22(27)19-7-5-15(12-21(19)31-24)14-3-1-4-17(11-14)30-10-2-9-28/h1,3-8,11-13,28H,2,9-10,27H2. The van der Waals surface area contributed by atoms with E-state index in [1.54, 1.807) is 12.1 Å². The van der Waals surface area contributed by atoms with Gasteiger partial charge in [-0.3, -0.25) is 4.79 Å². The highest BCUT2D eigenvalue weighted by Crippen LogP contribution is 2.35. The maximum atomic E-state index is 13.0. The Bertz CT molecular complexity index is 1270. The van der Waals surface area contributed by atoms with E-state index in [2.05, 4.69) is 0 Å². The number of ketones is 1. The Labute approximate surface area is 188 Å². The molecule has 0 amide bonds. The molecule has 0 aliphatic carbocycles. The molecular formula is C24H19Cl2NO4. The van der Waals surface area contributed by atoms with Crippen molar-refractivity contribution in [1.29, 1.82) is 0 Å². The smallest absolute Gasteiger partial charge is 0.231 e. The lowest BCUT2D eigenvalue weighted by Crippen LogP contribution is -2.03. The van der Waals surface area contributed by atoms with Gasteiger partial charge in [-0.15, -0.1) is 0 Å². The summed E-state index contributed by atoms with van der Waals surface area (Å²) in [7, 11) is 0. The van der Waals surface area contributed by atoms with Crippen LogP contribution in [-0.4, -0.2) is 24.1 Å². The molecule has 31 heavy (non-hydrogen) atoms. The van der Waals surface area contributed by atoms with Crippen molar-refractivity contribution >= 4 is 45.6 Å². The number of carbonyl (C=O) groups is 1. The van der Waals surface area contributed by atoms with E-state index in [1.165, 1.54) is 6.07 Å². The molecule has 4 aromatic rings. The fourth-order valence-electron chi connectivity index (χ4n) is 3.28. The first-order valence-electron chi connectivity index (χ1n) is 9.64. The summed E-state index contributed by atoms with van der Waals surface area (Å²) >= 11 is 12.1. The van der Waals surface area contributed by atoms with Gasteiger partial charge in [0.1, 0.15) is 11.3 Å². The van der Waals surface area contributed by atoms with Crippen molar-refractivity contribution in [3.8, 4) is 16.9 Å². The van der Waals surface area contributed by atoms with Gasteiger partial charge in [0.05, 0.1) is 17.3 Å². The van der Waals surface area contributed by atoms with Crippen molar-refractivity contribution in [3.63, 3.8) is 0 Å². The van der Waals surface area contributed by atoms with Gasteiger partial charge in [0.25, 0.3) is 0 Å². The molecule has 0 unspecified atom stereocenters. The van der Waals surface area contributed by atoms with Crippen LogP contribution in [0.5, 0.6) is 5.75 Å². The molecule has 1 heterocycles. The van der Waals surface area contributed by atoms with E-state index >= 15 is 0 Å². The fraction of sp³-hybridized carbons (Fsp3) is 0.125. The molecule has 0 saturated heterocycles. The number of fused-ring (bicyclic) bond motifs is 1. The Kier molecular flexibility index (Phi) is 6.18. The first-order valence-corrected chi connectivity index (χ1v) is 10.4. The van der Waals surface area contributed by atoms with Crippen LogP contribution < -0.4 is 10.5 Å². The van der Waals surface area contributed by atoms with E-state index < -0.39 is 5.78 Å². The maximum absolute atomic E-state index is 13.0. The lowest BCUT2D eigenvalue weighted by molar-refractivity contribution is 0.101. The molecule has 0 saturated carbocycles. The van der Waals surface area contributed by atoms with E-state index in [0.717, 1.165) is 11.1 Å². The number of nitrogens with two attached hydrogens (primary N) is 1. The molecular weight excluding hydrogens is 437 g/mol. The number of aliphatic hydroxyl groups is 1. The largest absolute Gasteiger partial charge is 0.493 e. The van der Waals surface area contributed by atoms with Crippen LogP contribution >= 0.6 is 23.2 Å². The highest BCUT2D eigenvalue weighted by Gasteiger charge is 2.22. The number of aliphatic hydroxyl groups excluding tert-OH is 1. The zero-order valence-corrected chi connectivity index (χ0v) is 17.9. The Hall–Kier alpha value is -2.99. The van der Waals surface area contributed by atoms with Gasteiger partial charge in [-0.25, -0.2) is 0 Å². The van der Waals surface area contributed by atoms with Crippen LogP contribution in [0.15, 0.2) is 65.1 Å². The fourth-order valence-corrected chi connectivity index (χ4v) is 3.78. The van der Waals surface area contributed by atoms with Gasteiger partial charge >= 0.3 is 0 Å². The minimum atomic E-state index is -0.406. The number of halogens is 2. The van der Waals surface area contributed by atoms with Crippen molar-refractivity contribution in [3.05, 3.63) is 82.0 Å². The second-order valence-electron chi connectivity index (χ2n) is 6.96. The average molecular weight is 456 g/mol. The summed E-state index contributed by atoms with van der Waals surface area (Å²) in [4.78, 5) is 13.0. The summed E-state index contributed by atoms with van der Waals surface area (Å²) in [6.45, 7) is 0.519. The van der Waals surface area contributed by atoms with E-state index in [1.807, 2.05) is 42.5 Å². The van der Waals surface area contributed by atoms with Gasteiger partial charge in [-0.1, -0.05) is 41.4 Å². The van der Waals surface area contributed by atoms with E-state index in [9.17, 15) is 4.79 Å². The first-order chi connectivity index (χ1) is 15.0. The zero-order valence-electron chi connectivity index (χ0n) is 16.4. The molecule has 158 valence electrons. The molecule has 0 aliphatic rings.